The summed E-state index contributed by atoms with van der Waals surface area (Å²) >= 11 is 0. The molecule has 2 aromatic carbocycles. The number of benzene rings is 2. The molecule has 9 heteroatoms. The molecule has 1 aliphatic rings. The minimum atomic E-state index is -4.18. The number of urea groups is 1. The number of para-hydroxylation sites is 1. The van der Waals surface area contributed by atoms with Crippen LogP contribution in [0.3, 0.4) is 0 Å². The van der Waals surface area contributed by atoms with Crippen molar-refractivity contribution in [2.24, 2.45) is 5.73 Å². The molecule has 0 spiro atoms. The van der Waals surface area contributed by atoms with Gasteiger partial charge in [0.25, 0.3) is 10.0 Å². The van der Waals surface area contributed by atoms with E-state index in [2.05, 4.69) is 0 Å². The largest absolute Gasteiger partial charge is 0.368 e. The van der Waals surface area contributed by atoms with E-state index in [0.29, 0.717) is 9.87 Å². The number of rotatable bonds is 4. The Hall–Kier alpha value is -3.20. The molecular weight excluding hydrogens is 358 g/mol. The van der Waals surface area contributed by atoms with E-state index in [1.807, 2.05) is 0 Å². The number of amides is 3. The van der Waals surface area contributed by atoms with Gasteiger partial charge in [-0.25, -0.2) is 13.2 Å². The number of hydrogen-bond donors (Lipinski definition) is 1. The van der Waals surface area contributed by atoms with Gasteiger partial charge in [0.1, 0.15) is 11.4 Å². The molecule has 0 saturated carbocycles. The number of primary amides is 1. The summed E-state index contributed by atoms with van der Waals surface area (Å²) in [6, 6.07) is 10.5. The Labute approximate surface area is 149 Å². The lowest BCUT2D eigenvalue weighted by atomic mass is 10.1. The predicted molar refractivity (Wildman–Crippen MR) is 94.5 cm³/mol. The van der Waals surface area contributed by atoms with Crippen LogP contribution in [0.1, 0.15) is 17.3 Å². The number of carbonyl (C=O) groups is 3. The maximum Gasteiger partial charge on any atom is 0.343 e. The number of anilines is 2. The van der Waals surface area contributed by atoms with Gasteiger partial charge in [-0.05, 0) is 43.3 Å². The van der Waals surface area contributed by atoms with Gasteiger partial charge < -0.3 is 5.73 Å². The number of hydrogen-bond acceptors (Lipinski definition) is 5. The third-order valence-electron chi connectivity index (χ3n) is 3.90. The molecule has 134 valence electrons. The van der Waals surface area contributed by atoms with Gasteiger partial charge in [0.15, 0.2) is 5.78 Å². The smallest absolute Gasteiger partial charge is 0.343 e. The summed E-state index contributed by atoms with van der Waals surface area (Å²) in [5.74, 6) is -0.968. The Kier molecular flexibility index (Phi) is 4.25. The highest BCUT2D eigenvalue weighted by Gasteiger charge is 2.42. The molecule has 0 fully saturated rings. The quantitative estimate of drug-likeness (QED) is 0.815. The molecule has 1 aliphatic heterocycles. The minimum Gasteiger partial charge on any atom is -0.368 e. The monoisotopic (exact) mass is 373 g/mol. The number of fused-ring (bicyclic) bond motifs is 1. The summed E-state index contributed by atoms with van der Waals surface area (Å²) < 4.78 is 26.5. The lowest BCUT2D eigenvalue weighted by Gasteiger charge is -2.35. The first-order valence-corrected chi connectivity index (χ1v) is 9.02. The van der Waals surface area contributed by atoms with Crippen LogP contribution >= 0.6 is 0 Å². The molecule has 0 unspecified atom stereocenters. The van der Waals surface area contributed by atoms with E-state index in [1.165, 1.54) is 49.4 Å². The number of Topliss-reactive ketones (excluding diaryl/α,β-unsaturated/α-hetero) is 1. The first-order valence-electron chi connectivity index (χ1n) is 7.58. The molecule has 2 aromatic rings. The molecule has 3 amide bonds. The van der Waals surface area contributed by atoms with E-state index in [-0.39, 0.29) is 22.1 Å². The van der Waals surface area contributed by atoms with Gasteiger partial charge in [0.05, 0.1) is 11.4 Å². The van der Waals surface area contributed by atoms with Gasteiger partial charge in [0.2, 0.25) is 5.91 Å². The van der Waals surface area contributed by atoms with Gasteiger partial charge in [-0.1, -0.05) is 12.1 Å². The number of nitrogens with two attached hydrogens (primary N) is 1. The second-order valence-corrected chi connectivity index (χ2v) is 7.43. The van der Waals surface area contributed by atoms with E-state index < -0.39 is 28.5 Å². The van der Waals surface area contributed by atoms with Crippen molar-refractivity contribution in [1.82, 2.24) is 0 Å². The summed E-state index contributed by atoms with van der Waals surface area (Å²) in [6.45, 7) is 0.913. The second-order valence-electron chi connectivity index (χ2n) is 5.68. The van der Waals surface area contributed by atoms with Crippen molar-refractivity contribution in [3.05, 3.63) is 54.1 Å². The first kappa shape index (κ1) is 17.6. The van der Waals surface area contributed by atoms with Crippen molar-refractivity contribution in [2.45, 2.75) is 11.8 Å². The van der Waals surface area contributed by atoms with E-state index in [9.17, 15) is 22.8 Å². The molecule has 0 bridgehead atoms. The number of carbonyl (C=O) groups excluding carboxylic acids is 3. The average Bonchev–Trinajstić information content (AvgIpc) is 2.59. The van der Waals surface area contributed by atoms with Gasteiger partial charge in [0, 0.05) is 5.56 Å². The zero-order valence-electron chi connectivity index (χ0n) is 13.7. The Bertz CT molecular complexity index is 1010. The fourth-order valence-corrected chi connectivity index (χ4v) is 4.29. The van der Waals surface area contributed by atoms with Crippen LogP contribution in [0, 0.1) is 0 Å². The summed E-state index contributed by atoms with van der Waals surface area (Å²) in [4.78, 5) is 36.5. The number of ketones is 1. The zero-order valence-corrected chi connectivity index (χ0v) is 14.6. The summed E-state index contributed by atoms with van der Waals surface area (Å²) in [6.07, 6.45) is 0. The van der Waals surface area contributed by atoms with Crippen molar-refractivity contribution >= 4 is 39.1 Å². The molecule has 1 heterocycles. The predicted octanol–water partition coefficient (Wildman–Crippen LogP) is 1.51. The number of nitrogens with zero attached hydrogens (tertiary/aromatic N) is 2. The highest BCUT2D eigenvalue weighted by Crippen LogP contribution is 2.36. The van der Waals surface area contributed by atoms with E-state index in [4.69, 9.17) is 5.73 Å². The highest BCUT2D eigenvalue weighted by molar-refractivity contribution is 7.94. The van der Waals surface area contributed by atoms with E-state index in [1.54, 1.807) is 6.07 Å². The SMILES string of the molecule is CC(=O)c1ccc(N2C(=O)N(CC(N)=O)c3ccccc3S2(=O)=O)cc1. The average molecular weight is 373 g/mol. The summed E-state index contributed by atoms with van der Waals surface area (Å²) in [5, 5.41) is 0. The molecule has 0 saturated heterocycles. The van der Waals surface area contributed by atoms with Gasteiger partial charge in [-0.15, -0.1) is 0 Å². The summed E-state index contributed by atoms with van der Waals surface area (Å²) in [5.41, 5.74) is 5.74. The van der Waals surface area contributed by atoms with Crippen LogP contribution in [0.5, 0.6) is 0 Å². The van der Waals surface area contributed by atoms with E-state index in [0.717, 1.165) is 4.90 Å². The third kappa shape index (κ3) is 2.82. The fraction of sp³-hybridized carbons (Fsp3) is 0.118. The Morgan fingerprint density at radius 3 is 2.23 bits per heavy atom. The molecule has 0 aliphatic carbocycles. The number of sulfonamides is 1. The van der Waals surface area contributed by atoms with Crippen LogP contribution in [-0.4, -0.2) is 32.7 Å². The third-order valence-corrected chi connectivity index (χ3v) is 5.65. The molecule has 0 radical (unpaired) electrons. The Balaban J connectivity index is 2.17. The standard InChI is InChI=1S/C17H15N3O5S/c1-11(21)12-6-8-13(9-7-12)20-17(23)19(10-16(18)22)14-4-2-3-5-15(14)26(20,24)25/h2-9H,10H2,1H3,(H2,18,22). The van der Waals surface area contributed by atoms with Gasteiger partial charge in [-0.3, -0.25) is 14.5 Å². The lowest BCUT2D eigenvalue weighted by molar-refractivity contribution is -0.116. The van der Waals surface area contributed by atoms with Crippen molar-refractivity contribution in [1.29, 1.82) is 0 Å². The van der Waals surface area contributed by atoms with Crippen LogP contribution < -0.4 is 14.9 Å². The van der Waals surface area contributed by atoms with Crippen LogP contribution in [0.2, 0.25) is 0 Å². The van der Waals surface area contributed by atoms with Gasteiger partial charge >= 0.3 is 6.03 Å². The van der Waals surface area contributed by atoms with Crippen molar-refractivity contribution < 1.29 is 22.8 Å². The highest BCUT2D eigenvalue weighted by atomic mass is 32.2. The summed E-state index contributed by atoms with van der Waals surface area (Å²) in [7, 11) is -4.18. The zero-order chi connectivity index (χ0) is 19.1. The second kappa shape index (κ2) is 6.26. The molecule has 8 nitrogen and oxygen atoms in total. The Morgan fingerprint density at radius 2 is 1.65 bits per heavy atom. The maximum atomic E-state index is 13.0. The minimum absolute atomic E-state index is 0.0592. The molecule has 0 atom stereocenters. The topological polar surface area (TPSA) is 118 Å². The first-order chi connectivity index (χ1) is 12.2. The van der Waals surface area contributed by atoms with Crippen LogP contribution in [-0.2, 0) is 14.8 Å². The molecular formula is C17H15N3O5S. The molecule has 2 N–H and O–H groups in total. The Morgan fingerprint density at radius 1 is 1.04 bits per heavy atom. The fourth-order valence-electron chi connectivity index (χ4n) is 2.70. The normalized spacial score (nSPS) is 15.5. The molecule has 3 rings (SSSR count). The van der Waals surface area contributed by atoms with Crippen LogP contribution in [0.25, 0.3) is 0 Å². The van der Waals surface area contributed by atoms with Crippen LogP contribution in [0.4, 0.5) is 16.2 Å². The van der Waals surface area contributed by atoms with Crippen LogP contribution in [0.15, 0.2) is 53.4 Å². The molecule has 0 aromatic heterocycles. The van der Waals surface area contributed by atoms with Crippen molar-refractivity contribution in [3.63, 3.8) is 0 Å². The van der Waals surface area contributed by atoms with Crippen molar-refractivity contribution in [3.8, 4) is 0 Å². The van der Waals surface area contributed by atoms with E-state index >= 15 is 0 Å². The molecule has 26 heavy (non-hydrogen) atoms. The van der Waals surface area contributed by atoms with Gasteiger partial charge in [-0.2, -0.15) is 4.31 Å². The maximum absolute atomic E-state index is 13.0. The van der Waals surface area contributed by atoms with Crippen molar-refractivity contribution in [2.75, 3.05) is 15.7 Å². The lowest BCUT2D eigenvalue weighted by Crippen LogP contribution is -2.53.